The minimum absolute atomic E-state index is 0.0950. The van der Waals surface area contributed by atoms with Gasteiger partial charge in [-0.2, -0.15) is 0 Å². The quantitative estimate of drug-likeness (QED) is 0.0387. The van der Waals surface area contributed by atoms with E-state index in [1.54, 1.807) is 0 Å². The van der Waals surface area contributed by atoms with Crippen LogP contribution >= 0.6 is 0 Å². The van der Waals surface area contributed by atoms with Gasteiger partial charge >= 0.3 is 11.9 Å². The Morgan fingerprint density at radius 2 is 0.980 bits per heavy atom. The van der Waals surface area contributed by atoms with Gasteiger partial charge in [0.25, 0.3) is 0 Å². The third-order valence-electron chi connectivity index (χ3n) is 8.79. The summed E-state index contributed by atoms with van der Waals surface area (Å²) in [7, 11) is 0. The molecule has 0 aromatic rings. The standard InChI is InChI=1S/C43H76O6/c1-3-5-6-7-8-9-10-11-12-13-14-18-21-24-27-30-33-36-42(46)48-39-41(38-44)49-43(47)37-34-31-28-25-22-19-16-15-17-20-23-26-29-32-35-40(45)4-2/h16-17,19-20,25-26,28-29,40-41,44-45H,3-15,18,21-24,27,30-39H2,1-2H3/b19-16-,20-17-,28-25-,29-26-/t40-,41+/m1/s1. The predicted molar refractivity (Wildman–Crippen MR) is 206 cm³/mol. The molecule has 0 rings (SSSR count). The normalized spacial score (nSPS) is 13.3. The number of carbonyl (C=O) groups is 2. The van der Waals surface area contributed by atoms with E-state index in [0.29, 0.717) is 12.8 Å². The van der Waals surface area contributed by atoms with Crippen molar-refractivity contribution in [2.75, 3.05) is 13.2 Å². The van der Waals surface area contributed by atoms with E-state index >= 15 is 0 Å². The molecule has 0 aromatic heterocycles. The monoisotopic (exact) mass is 689 g/mol. The summed E-state index contributed by atoms with van der Waals surface area (Å²) in [5.41, 5.74) is 0. The number of hydrogen-bond acceptors (Lipinski definition) is 6. The third kappa shape index (κ3) is 36.9. The molecule has 0 aliphatic carbocycles. The number of rotatable bonds is 36. The highest BCUT2D eigenvalue weighted by molar-refractivity contribution is 5.70. The number of aliphatic hydroxyl groups excluding tert-OH is 2. The maximum absolute atomic E-state index is 12.1. The van der Waals surface area contributed by atoms with Gasteiger partial charge in [0, 0.05) is 12.8 Å². The molecule has 0 aliphatic rings. The topological polar surface area (TPSA) is 93.1 Å². The van der Waals surface area contributed by atoms with Gasteiger partial charge in [-0.3, -0.25) is 9.59 Å². The van der Waals surface area contributed by atoms with Crippen molar-refractivity contribution in [2.24, 2.45) is 0 Å². The Balaban J connectivity index is 3.65. The van der Waals surface area contributed by atoms with Crippen LogP contribution in [-0.4, -0.2) is 47.6 Å². The first kappa shape index (κ1) is 46.8. The van der Waals surface area contributed by atoms with Gasteiger partial charge in [0.2, 0.25) is 0 Å². The Morgan fingerprint density at radius 3 is 1.45 bits per heavy atom. The number of carbonyl (C=O) groups excluding carboxylic acids is 2. The maximum atomic E-state index is 12.1. The first-order valence-electron chi connectivity index (χ1n) is 20.3. The summed E-state index contributed by atoms with van der Waals surface area (Å²) in [5.74, 6) is -0.671. The van der Waals surface area contributed by atoms with Crippen molar-refractivity contribution >= 4 is 11.9 Å². The molecule has 6 heteroatoms. The lowest BCUT2D eigenvalue weighted by Crippen LogP contribution is -2.28. The Hall–Kier alpha value is -2.18. The maximum Gasteiger partial charge on any atom is 0.306 e. The van der Waals surface area contributed by atoms with Crippen molar-refractivity contribution in [3.05, 3.63) is 48.6 Å². The van der Waals surface area contributed by atoms with E-state index in [9.17, 15) is 19.8 Å². The first-order chi connectivity index (χ1) is 24.0. The Bertz CT molecular complexity index is 845. The van der Waals surface area contributed by atoms with E-state index in [2.05, 4.69) is 55.5 Å². The minimum atomic E-state index is -0.808. The summed E-state index contributed by atoms with van der Waals surface area (Å²) in [5, 5.41) is 19.1. The average Bonchev–Trinajstić information content (AvgIpc) is 3.10. The zero-order chi connectivity index (χ0) is 35.9. The lowest BCUT2D eigenvalue weighted by atomic mass is 10.0. The highest BCUT2D eigenvalue weighted by atomic mass is 16.6. The number of esters is 2. The fourth-order valence-corrected chi connectivity index (χ4v) is 5.53. The summed E-state index contributed by atoms with van der Waals surface area (Å²) in [4.78, 5) is 24.2. The Labute approximate surface area is 301 Å². The van der Waals surface area contributed by atoms with Crippen LogP contribution in [0.2, 0.25) is 0 Å². The van der Waals surface area contributed by atoms with Gasteiger partial charge in [-0.1, -0.05) is 165 Å². The van der Waals surface area contributed by atoms with Crippen LogP contribution in [0.1, 0.15) is 187 Å². The van der Waals surface area contributed by atoms with E-state index in [4.69, 9.17) is 9.47 Å². The smallest absolute Gasteiger partial charge is 0.306 e. The molecule has 0 heterocycles. The summed E-state index contributed by atoms with van der Waals surface area (Å²) >= 11 is 0. The van der Waals surface area contributed by atoms with Gasteiger partial charge in [0.05, 0.1) is 12.7 Å². The van der Waals surface area contributed by atoms with Crippen LogP contribution in [0.5, 0.6) is 0 Å². The molecule has 0 aliphatic heterocycles. The molecule has 0 saturated carbocycles. The number of hydrogen-bond donors (Lipinski definition) is 2. The van der Waals surface area contributed by atoms with Crippen LogP contribution in [0.15, 0.2) is 48.6 Å². The molecule has 6 nitrogen and oxygen atoms in total. The van der Waals surface area contributed by atoms with Gasteiger partial charge in [0.15, 0.2) is 6.10 Å². The molecule has 2 atom stereocenters. The Kier molecular flexibility index (Phi) is 36.9. The molecule has 0 aromatic carbocycles. The molecule has 0 bridgehead atoms. The molecule has 0 saturated heterocycles. The molecular weight excluding hydrogens is 612 g/mol. The van der Waals surface area contributed by atoms with E-state index in [1.165, 1.54) is 89.9 Å². The van der Waals surface area contributed by atoms with Crippen LogP contribution < -0.4 is 0 Å². The van der Waals surface area contributed by atoms with Crippen LogP contribution in [0, 0.1) is 0 Å². The van der Waals surface area contributed by atoms with Crippen molar-refractivity contribution in [1.82, 2.24) is 0 Å². The fraction of sp³-hybridized carbons (Fsp3) is 0.767. The van der Waals surface area contributed by atoms with Crippen molar-refractivity contribution < 1.29 is 29.3 Å². The third-order valence-corrected chi connectivity index (χ3v) is 8.79. The van der Waals surface area contributed by atoms with Crippen molar-refractivity contribution in [3.8, 4) is 0 Å². The zero-order valence-electron chi connectivity index (χ0n) is 31.8. The molecular formula is C43H76O6. The number of allylic oxidation sites excluding steroid dienone is 8. The van der Waals surface area contributed by atoms with Gasteiger partial charge in [-0.25, -0.2) is 0 Å². The molecule has 0 amide bonds. The largest absolute Gasteiger partial charge is 0.462 e. The van der Waals surface area contributed by atoms with E-state index in [-0.39, 0.29) is 37.7 Å². The van der Waals surface area contributed by atoms with Gasteiger partial charge < -0.3 is 19.7 Å². The average molecular weight is 689 g/mol. The predicted octanol–water partition coefficient (Wildman–Crippen LogP) is 11.6. The first-order valence-corrected chi connectivity index (χ1v) is 20.3. The van der Waals surface area contributed by atoms with Crippen LogP contribution in [0.25, 0.3) is 0 Å². The number of ether oxygens (including phenoxy) is 2. The summed E-state index contributed by atoms with van der Waals surface area (Å²) in [6.07, 6.45) is 45.5. The lowest BCUT2D eigenvalue weighted by Gasteiger charge is -2.15. The highest BCUT2D eigenvalue weighted by Gasteiger charge is 2.16. The van der Waals surface area contributed by atoms with Crippen LogP contribution in [-0.2, 0) is 19.1 Å². The van der Waals surface area contributed by atoms with Crippen LogP contribution in [0.3, 0.4) is 0 Å². The van der Waals surface area contributed by atoms with Gasteiger partial charge in [0.1, 0.15) is 6.61 Å². The van der Waals surface area contributed by atoms with E-state index in [0.717, 1.165) is 64.2 Å². The number of unbranched alkanes of at least 4 members (excludes halogenated alkanes) is 17. The van der Waals surface area contributed by atoms with Crippen molar-refractivity contribution in [1.29, 1.82) is 0 Å². The molecule has 0 unspecified atom stereocenters. The van der Waals surface area contributed by atoms with Gasteiger partial charge in [-0.15, -0.1) is 0 Å². The van der Waals surface area contributed by atoms with Crippen LogP contribution in [0.4, 0.5) is 0 Å². The highest BCUT2D eigenvalue weighted by Crippen LogP contribution is 2.15. The minimum Gasteiger partial charge on any atom is -0.462 e. The second-order valence-electron chi connectivity index (χ2n) is 13.5. The second-order valence-corrected chi connectivity index (χ2v) is 13.5. The summed E-state index contributed by atoms with van der Waals surface area (Å²) in [6.45, 7) is 3.82. The van der Waals surface area contributed by atoms with E-state index < -0.39 is 6.10 Å². The van der Waals surface area contributed by atoms with E-state index in [1.807, 2.05) is 6.92 Å². The second kappa shape index (κ2) is 38.6. The zero-order valence-corrected chi connectivity index (χ0v) is 31.8. The molecule has 0 spiro atoms. The molecule has 2 N–H and O–H groups in total. The molecule has 49 heavy (non-hydrogen) atoms. The molecule has 0 radical (unpaired) electrons. The number of aliphatic hydroxyl groups is 2. The SMILES string of the molecule is CCCCCCCCCCCCCCCCCCCC(=O)OC[C@H](CO)OC(=O)CCC/C=C\C/C=C\C/C=C\C/C=C\CC[C@H](O)CC. The summed E-state index contributed by atoms with van der Waals surface area (Å²) < 4.78 is 10.6. The molecule has 0 fully saturated rings. The lowest BCUT2D eigenvalue weighted by molar-refractivity contribution is -0.161. The molecule has 284 valence electrons. The van der Waals surface area contributed by atoms with Gasteiger partial charge in [-0.05, 0) is 57.8 Å². The Morgan fingerprint density at radius 1 is 0.551 bits per heavy atom. The van der Waals surface area contributed by atoms with Crippen molar-refractivity contribution in [3.63, 3.8) is 0 Å². The van der Waals surface area contributed by atoms with Crippen molar-refractivity contribution in [2.45, 2.75) is 199 Å². The summed E-state index contributed by atoms with van der Waals surface area (Å²) in [6, 6.07) is 0. The fourth-order valence-electron chi connectivity index (χ4n) is 5.53.